The molecule has 0 unspecified atom stereocenters. The molecule has 2 aromatic heterocycles. The Morgan fingerprint density at radius 3 is 1.14 bits per heavy atom. The predicted octanol–water partition coefficient (Wildman–Crippen LogP) is 9.69. The van der Waals surface area contributed by atoms with E-state index < -0.39 is 0 Å². The summed E-state index contributed by atoms with van der Waals surface area (Å²) in [6.45, 7) is 0. The molecule has 0 saturated carbocycles. The van der Waals surface area contributed by atoms with Gasteiger partial charge in [0.2, 0.25) is 0 Å². The van der Waals surface area contributed by atoms with Crippen LogP contribution in [0.2, 0.25) is 0 Å². The fourth-order valence-corrected chi connectivity index (χ4v) is 6.71. The Labute approximate surface area is 254 Å². The van der Waals surface area contributed by atoms with E-state index in [4.69, 9.17) is 0 Å². The van der Waals surface area contributed by atoms with E-state index in [1.54, 1.807) is 0 Å². The molecule has 0 aliphatic heterocycles. The molecule has 4 heteroatoms. The van der Waals surface area contributed by atoms with Crippen LogP contribution < -0.4 is 0 Å². The van der Waals surface area contributed by atoms with Gasteiger partial charge in [-0.3, -0.25) is 9.59 Å². The highest BCUT2D eigenvalue weighted by atomic mass is 16.1. The number of para-hydroxylation sites is 4. The maximum absolute atomic E-state index is 12.8. The van der Waals surface area contributed by atoms with E-state index in [0.29, 0.717) is 11.1 Å². The predicted molar refractivity (Wildman–Crippen MR) is 179 cm³/mol. The van der Waals surface area contributed by atoms with Crippen LogP contribution in [-0.2, 0) is 0 Å². The molecule has 8 rings (SSSR count). The van der Waals surface area contributed by atoms with Crippen LogP contribution in [0, 0.1) is 0 Å². The second-order valence-electron chi connectivity index (χ2n) is 10.8. The molecule has 44 heavy (non-hydrogen) atoms. The van der Waals surface area contributed by atoms with Crippen LogP contribution in [-0.4, -0.2) is 21.7 Å². The van der Waals surface area contributed by atoms with Crippen LogP contribution in [0.25, 0.3) is 66.5 Å². The van der Waals surface area contributed by atoms with Gasteiger partial charge in [-0.15, -0.1) is 0 Å². The van der Waals surface area contributed by atoms with Crippen LogP contribution in [0.15, 0.2) is 146 Å². The minimum Gasteiger partial charge on any atom is -0.308 e. The molecule has 0 aliphatic rings. The third kappa shape index (κ3) is 3.78. The van der Waals surface area contributed by atoms with E-state index in [9.17, 15) is 9.59 Å². The average molecular weight is 567 g/mol. The molecule has 4 nitrogen and oxygen atoms in total. The minimum atomic E-state index is 0.648. The van der Waals surface area contributed by atoms with Crippen molar-refractivity contribution >= 4 is 45.2 Å². The maximum Gasteiger partial charge on any atom is 0.152 e. The number of hydrogen-bond donors (Lipinski definition) is 0. The Kier molecular flexibility index (Phi) is 6.05. The molecule has 0 atom stereocenters. The van der Waals surface area contributed by atoms with Crippen LogP contribution in [0.4, 0.5) is 0 Å². The normalized spacial score (nSPS) is 11.4. The van der Waals surface area contributed by atoms with Crippen molar-refractivity contribution in [3.05, 3.63) is 157 Å². The third-order valence-corrected chi connectivity index (χ3v) is 8.52. The van der Waals surface area contributed by atoms with Gasteiger partial charge in [0.25, 0.3) is 0 Å². The zero-order valence-corrected chi connectivity index (χ0v) is 23.7. The molecular formula is C40H26N2O2. The summed E-state index contributed by atoms with van der Waals surface area (Å²) in [6.07, 6.45) is 1.94. The van der Waals surface area contributed by atoms with Crippen molar-refractivity contribution in [3.63, 3.8) is 0 Å². The molecule has 0 spiro atoms. The zero-order valence-electron chi connectivity index (χ0n) is 23.7. The van der Waals surface area contributed by atoms with Crippen LogP contribution >= 0.6 is 0 Å². The number of nitrogens with zero attached hydrogens (tertiary/aromatic N) is 2. The first-order chi connectivity index (χ1) is 21.8. The van der Waals surface area contributed by atoms with Gasteiger partial charge in [-0.25, -0.2) is 0 Å². The molecule has 8 aromatic rings. The standard InChI is InChI=1S/C40H26N2O2/c43-25-35-31-17-7-9-23-37(31)41(27-13-3-1-4-14-27)39(35)33-21-11-20-30-29(33)19-12-22-34(30)40-36(26-44)32-18-8-10-24-38(32)42(40)28-15-5-2-6-16-28/h1-26H. The highest BCUT2D eigenvalue weighted by Gasteiger charge is 2.24. The first-order valence-corrected chi connectivity index (χ1v) is 14.6. The van der Waals surface area contributed by atoms with Gasteiger partial charge in [-0.05, 0) is 47.2 Å². The quantitative estimate of drug-likeness (QED) is 0.188. The number of carbonyl (C=O) groups excluding carboxylic acids is 2. The summed E-state index contributed by atoms with van der Waals surface area (Å²) in [5, 5.41) is 3.80. The molecule has 2 heterocycles. The third-order valence-electron chi connectivity index (χ3n) is 8.52. The molecule has 0 N–H and O–H groups in total. The van der Waals surface area contributed by atoms with Crippen molar-refractivity contribution in [2.24, 2.45) is 0 Å². The number of benzene rings is 6. The van der Waals surface area contributed by atoms with Crippen LogP contribution in [0.5, 0.6) is 0 Å². The molecule has 0 radical (unpaired) electrons. The van der Waals surface area contributed by atoms with Crippen molar-refractivity contribution in [2.45, 2.75) is 0 Å². The lowest BCUT2D eigenvalue weighted by Gasteiger charge is -2.17. The number of aromatic nitrogens is 2. The SMILES string of the molecule is O=Cc1c(-c2cccc3c(-c4c(C=O)c5ccccc5n4-c4ccccc4)cccc23)n(-c2ccccc2)c2ccccc12. The summed E-state index contributed by atoms with van der Waals surface area (Å²) in [5.74, 6) is 0. The monoisotopic (exact) mass is 566 g/mol. The Hall–Kier alpha value is -6.00. The smallest absolute Gasteiger partial charge is 0.152 e. The van der Waals surface area contributed by atoms with Crippen molar-refractivity contribution in [3.8, 4) is 33.9 Å². The van der Waals surface area contributed by atoms with E-state index in [1.165, 1.54) is 0 Å². The van der Waals surface area contributed by atoms with Gasteiger partial charge in [0.1, 0.15) is 0 Å². The van der Waals surface area contributed by atoms with Gasteiger partial charge < -0.3 is 9.13 Å². The zero-order chi connectivity index (χ0) is 29.6. The maximum atomic E-state index is 12.8. The van der Waals surface area contributed by atoms with Gasteiger partial charge in [-0.1, -0.05) is 109 Å². The van der Waals surface area contributed by atoms with Crippen molar-refractivity contribution < 1.29 is 9.59 Å². The molecule has 0 aliphatic carbocycles. The van der Waals surface area contributed by atoms with E-state index >= 15 is 0 Å². The summed E-state index contributed by atoms with van der Waals surface area (Å²) in [5.41, 5.74) is 8.77. The van der Waals surface area contributed by atoms with E-state index in [2.05, 4.69) is 69.8 Å². The number of fused-ring (bicyclic) bond motifs is 3. The van der Waals surface area contributed by atoms with E-state index in [-0.39, 0.29) is 0 Å². The Balaban J connectivity index is 1.49. The van der Waals surface area contributed by atoms with Gasteiger partial charge in [0.05, 0.1) is 22.4 Å². The van der Waals surface area contributed by atoms with Crippen LogP contribution in [0.1, 0.15) is 20.7 Å². The molecule has 0 saturated heterocycles. The number of aldehydes is 2. The van der Waals surface area contributed by atoms with Crippen LogP contribution in [0.3, 0.4) is 0 Å². The van der Waals surface area contributed by atoms with Gasteiger partial charge >= 0.3 is 0 Å². The molecule has 0 amide bonds. The molecule has 6 aromatic carbocycles. The topological polar surface area (TPSA) is 44.0 Å². The van der Waals surface area contributed by atoms with Crippen molar-refractivity contribution in [1.82, 2.24) is 9.13 Å². The number of hydrogen-bond acceptors (Lipinski definition) is 2. The van der Waals surface area contributed by atoms with E-state index in [0.717, 1.165) is 79.0 Å². The molecule has 208 valence electrons. The summed E-state index contributed by atoms with van der Waals surface area (Å²) >= 11 is 0. The summed E-state index contributed by atoms with van der Waals surface area (Å²) in [7, 11) is 0. The molecular weight excluding hydrogens is 540 g/mol. The summed E-state index contributed by atoms with van der Waals surface area (Å²) in [4.78, 5) is 25.6. The van der Waals surface area contributed by atoms with E-state index in [1.807, 2.05) is 84.9 Å². The average Bonchev–Trinajstić information content (AvgIpc) is 3.61. The van der Waals surface area contributed by atoms with Gasteiger partial charge in [0.15, 0.2) is 12.6 Å². The summed E-state index contributed by atoms with van der Waals surface area (Å²) < 4.78 is 4.36. The minimum absolute atomic E-state index is 0.648. The van der Waals surface area contributed by atoms with Gasteiger partial charge in [0, 0.05) is 44.4 Å². The number of rotatable bonds is 6. The van der Waals surface area contributed by atoms with Gasteiger partial charge in [-0.2, -0.15) is 0 Å². The lowest BCUT2D eigenvalue weighted by atomic mass is 9.94. The van der Waals surface area contributed by atoms with Crippen molar-refractivity contribution in [2.75, 3.05) is 0 Å². The second kappa shape index (κ2) is 10.4. The Morgan fingerprint density at radius 1 is 0.364 bits per heavy atom. The highest BCUT2D eigenvalue weighted by Crippen LogP contribution is 2.43. The highest BCUT2D eigenvalue weighted by molar-refractivity contribution is 6.14. The first-order valence-electron chi connectivity index (χ1n) is 14.6. The Bertz CT molecular complexity index is 2190. The second-order valence-corrected chi connectivity index (χ2v) is 10.8. The fraction of sp³-hybridized carbons (Fsp3) is 0. The fourth-order valence-electron chi connectivity index (χ4n) is 6.71. The number of carbonyl (C=O) groups is 2. The molecule has 0 fully saturated rings. The first kappa shape index (κ1) is 25.7. The lowest BCUT2D eigenvalue weighted by Crippen LogP contribution is -2.00. The molecule has 0 bridgehead atoms. The lowest BCUT2D eigenvalue weighted by molar-refractivity contribution is 0.111. The largest absolute Gasteiger partial charge is 0.308 e. The Morgan fingerprint density at radius 2 is 0.727 bits per heavy atom. The summed E-state index contributed by atoms with van der Waals surface area (Å²) in [6, 6.07) is 48.8. The van der Waals surface area contributed by atoms with Crippen molar-refractivity contribution in [1.29, 1.82) is 0 Å².